The molecule has 1 N–H and O–H groups in total. The number of alkyl halides is 1. The van der Waals surface area contributed by atoms with E-state index < -0.39 is 11.5 Å². The summed E-state index contributed by atoms with van der Waals surface area (Å²) in [6.07, 6.45) is 2.69. The van der Waals surface area contributed by atoms with Crippen LogP contribution in [0.2, 0.25) is 0 Å². The van der Waals surface area contributed by atoms with Crippen LogP contribution < -0.4 is 5.32 Å². The summed E-state index contributed by atoms with van der Waals surface area (Å²) in [5.74, 6) is -0.464. The smallest absolute Gasteiger partial charge is 0.331 e. The number of carbonyl (C=O) groups excluding carboxylic acids is 1. The number of halogens is 1. The number of esters is 1. The van der Waals surface area contributed by atoms with Crippen molar-refractivity contribution in [2.24, 2.45) is 0 Å². The molecule has 0 saturated heterocycles. The molecule has 0 heterocycles. The van der Waals surface area contributed by atoms with Crippen LogP contribution in [0.3, 0.4) is 0 Å². The summed E-state index contributed by atoms with van der Waals surface area (Å²) < 4.78 is 4.65. The zero-order valence-electron chi connectivity index (χ0n) is 8.47. The van der Waals surface area contributed by atoms with Crippen molar-refractivity contribution >= 4 is 17.6 Å². The molecule has 4 heteroatoms. The molecule has 0 amide bonds. The van der Waals surface area contributed by atoms with Gasteiger partial charge in [0.2, 0.25) is 0 Å². The van der Waals surface area contributed by atoms with Gasteiger partial charge in [-0.25, -0.2) is 4.79 Å². The van der Waals surface area contributed by atoms with Crippen molar-refractivity contribution in [1.29, 1.82) is 0 Å². The monoisotopic (exact) mass is 207 g/mol. The Hall–Kier alpha value is -0.540. The molecule has 3 nitrogen and oxygen atoms in total. The molecule has 0 aromatic heterocycles. The van der Waals surface area contributed by atoms with Crippen LogP contribution in [0.25, 0.3) is 0 Å². The molecule has 1 unspecified atom stereocenters. The zero-order valence-corrected chi connectivity index (χ0v) is 9.23. The molecule has 0 saturated carbocycles. The van der Waals surface area contributed by atoms with Gasteiger partial charge >= 0.3 is 5.97 Å². The van der Waals surface area contributed by atoms with E-state index in [1.54, 1.807) is 0 Å². The molecule has 78 valence electrons. The lowest BCUT2D eigenvalue weighted by Gasteiger charge is -2.06. The van der Waals surface area contributed by atoms with Crippen molar-refractivity contribution in [3.05, 3.63) is 12.7 Å². The van der Waals surface area contributed by atoms with Crippen molar-refractivity contribution < 1.29 is 9.53 Å². The Morgan fingerprint density at radius 2 is 2.15 bits per heavy atom. The summed E-state index contributed by atoms with van der Waals surface area (Å²) in [5, 5.41) is 2.75. The summed E-state index contributed by atoms with van der Waals surface area (Å²) in [6.45, 7) is 5.21. The Kier molecular flexibility index (Phi) is 13.2. The molecule has 0 aromatic rings. The summed E-state index contributed by atoms with van der Waals surface area (Å²) in [5.41, 5.74) is -0.504. The molecule has 1 atom stereocenters. The average Bonchev–Trinajstić information content (AvgIpc) is 2.06. The topological polar surface area (TPSA) is 38.3 Å². The van der Waals surface area contributed by atoms with E-state index >= 15 is 0 Å². The van der Waals surface area contributed by atoms with Crippen molar-refractivity contribution in [3.8, 4) is 0 Å². The molecule has 0 aliphatic carbocycles. The second-order valence-electron chi connectivity index (χ2n) is 2.34. The molecular weight excluding hydrogens is 190 g/mol. The second-order valence-corrected chi connectivity index (χ2v) is 2.83. The SMILES string of the molecule is C=CC(=O)OC(Cl)CCC.CNC. The van der Waals surface area contributed by atoms with E-state index in [0.29, 0.717) is 6.42 Å². The van der Waals surface area contributed by atoms with Gasteiger partial charge in [0.1, 0.15) is 0 Å². The summed E-state index contributed by atoms with van der Waals surface area (Å²) in [4.78, 5) is 10.5. The molecule has 0 aromatic carbocycles. The molecular formula is C9H18ClNO2. The van der Waals surface area contributed by atoms with Crippen LogP contribution in [0.4, 0.5) is 0 Å². The highest BCUT2D eigenvalue weighted by molar-refractivity contribution is 6.20. The summed E-state index contributed by atoms with van der Waals surface area (Å²) in [6, 6.07) is 0. The quantitative estimate of drug-likeness (QED) is 0.435. The third-order valence-electron chi connectivity index (χ3n) is 0.926. The van der Waals surface area contributed by atoms with Crippen LogP contribution in [-0.2, 0) is 9.53 Å². The van der Waals surface area contributed by atoms with Crippen molar-refractivity contribution in [2.75, 3.05) is 14.1 Å². The minimum atomic E-state index is -0.504. The predicted molar refractivity (Wildman–Crippen MR) is 55.8 cm³/mol. The molecule has 0 aliphatic heterocycles. The lowest BCUT2D eigenvalue weighted by Crippen LogP contribution is -2.09. The van der Waals surface area contributed by atoms with Crippen LogP contribution in [0.15, 0.2) is 12.7 Å². The van der Waals surface area contributed by atoms with E-state index in [1.165, 1.54) is 0 Å². The minimum absolute atomic E-state index is 0.464. The molecule has 0 rings (SSSR count). The fourth-order valence-electron chi connectivity index (χ4n) is 0.460. The average molecular weight is 208 g/mol. The van der Waals surface area contributed by atoms with Crippen LogP contribution in [0.1, 0.15) is 19.8 Å². The maximum Gasteiger partial charge on any atom is 0.331 e. The summed E-state index contributed by atoms with van der Waals surface area (Å²) >= 11 is 5.56. The van der Waals surface area contributed by atoms with Crippen LogP contribution in [-0.4, -0.2) is 25.6 Å². The molecule has 0 bridgehead atoms. The number of nitrogens with one attached hydrogen (secondary N) is 1. The van der Waals surface area contributed by atoms with Crippen LogP contribution in [0.5, 0.6) is 0 Å². The Balaban J connectivity index is 0. The van der Waals surface area contributed by atoms with Crippen molar-refractivity contribution in [3.63, 3.8) is 0 Å². The highest BCUT2D eigenvalue weighted by Crippen LogP contribution is 2.06. The lowest BCUT2D eigenvalue weighted by molar-refractivity contribution is -0.139. The van der Waals surface area contributed by atoms with Crippen LogP contribution >= 0.6 is 11.6 Å². The van der Waals surface area contributed by atoms with Gasteiger partial charge in [-0.15, -0.1) is 0 Å². The Morgan fingerprint density at radius 3 is 2.46 bits per heavy atom. The molecule has 13 heavy (non-hydrogen) atoms. The molecule has 0 fully saturated rings. The maximum atomic E-state index is 10.5. The zero-order chi connectivity index (χ0) is 10.7. The number of carbonyl (C=O) groups is 1. The highest BCUT2D eigenvalue weighted by Gasteiger charge is 2.05. The highest BCUT2D eigenvalue weighted by atomic mass is 35.5. The second kappa shape index (κ2) is 11.5. The van der Waals surface area contributed by atoms with Gasteiger partial charge in [0.15, 0.2) is 5.56 Å². The number of rotatable bonds is 4. The first-order valence-corrected chi connectivity index (χ1v) is 4.61. The van der Waals surface area contributed by atoms with Crippen LogP contribution in [0, 0.1) is 0 Å². The van der Waals surface area contributed by atoms with Gasteiger partial charge in [0, 0.05) is 6.08 Å². The van der Waals surface area contributed by atoms with E-state index in [2.05, 4.69) is 16.6 Å². The van der Waals surface area contributed by atoms with Crippen molar-refractivity contribution in [2.45, 2.75) is 25.3 Å². The van der Waals surface area contributed by atoms with Gasteiger partial charge in [0.25, 0.3) is 0 Å². The van der Waals surface area contributed by atoms with E-state index in [-0.39, 0.29) is 0 Å². The third kappa shape index (κ3) is 14.3. The molecule has 0 spiro atoms. The number of hydrogen-bond acceptors (Lipinski definition) is 3. The fraction of sp³-hybridized carbons (Fsp3) is 0.667. The maximum absolute atomic E-state index is 10.5. The standard InChI is InChI=1S/C7H11ClO2.C2H7N/c1-3-5-6(8)10-7(9)4-2;1-3-2/h4,6H,2-3,5H2,1H3;3H,1-2H3. The number of ether oxygens (including phenoxy) is 1. The van der Waals surface area contributed by atoms with E-state index in [1.807, 2.05) is 21.0 Å². The third-order valence-corrected chi connectivity index (χ3v) is 1.23. The minimum Gasteiger partial charge on any atom is -0.443 e. The Labute approximate surface area is 85.1 Å². The largest absolute Gasteiger partial charge is 0.443 e. The van der Waals surface area contributed by atoms with E-state index in [9.17, 15) is 4.79 Å². The number of hydrogen-bond donors (Lipinski definition) is 1. The van der Waals surface area contributed by atoms with Crippen molar-refractivity contribution in [1.82, 2.24) is 5.32 Å². The molecule has 0 radical (unpaired) electrons. The van der Waals surface area contributed by atoms with Gasteiger partial charge in [-0.2, -0.15) is 0 Å². The first-order valence-electron chi connectivity index (χ1n) is 4.17. The van der Waals surface area contributed by atoms with Gasteiger partial charge < -0.3 is 10.1 Å². The molecule has 0 aliphatic rings. The predicted octanol–water partition coefficient (Wildman–Crippen LogP) is 1.92. The van der Waals surface area contributed by atoms with Gasteiger partial charge in [-0.1, -0.05) is 31.5 Å². The van der Waals surface area contributed by atoms with E-state index in [0.717, 1.165) is 12.5 Å². The Morgan fingerprint density at radius 1 is 1.69 bits per heavy atom. The first kappa shape index (κ1) is 15.0. The van der Waals surface area contributed by atoms with Gasteiger partial charge in [0.05, 0.1) is 0 Å². The summed E-state index contributed by atoms with van der Waals surface area (Å²) in [7, 11) is 3.75. The van der Waals surface area contributed by atoms with E-state index in [4.69, 9.17) is 11.6 Å². The van der Waals surface area contributed by atoms with Gasteiger partial charge in [-0.05, 0) is 20.5 Å². The normalized spacial score (nSPS) is 10.8. The first-order chi connectivity index (χ1) is 6.12. The Bertz CT molecular complexity index is 140. The fourth-order valence-corrected chi connectivity index (χ4v) is 0.766. The van der Waals surface area contributed by atoms with Gasteiger partial charge in [-0.3, -0.25) is 0 Å². The lowest BCUT2D eigenvalue weighted by atomic mass is 10.4.